The number of piperazine rings is 1. The number of hydrogen-bond acceptors (Lipinski definition) is 4. The number of hydrogen-bond donors (Lipinski definition) is 2. The van der Waals surface area contributed by atoms with E-state index in [1.54, 1.807) is 13.0 Å². The van der Waals surface area contributed by atoms with Gasteiger partial charge in [0, 0.05) is 13.1 Å². The van der Waals surface area contributed by atoms with E-state index in [2.05, 4.69) is 10.6 Å². The highest BCUT2D eigenvalue weighted by Gasteiger charge is 2.32. The number of rotatable bonds is 1. The van der Waals surface area contributed by atoms with Gasteiger partial charge in [0.15, 0.2) is 0 Å². The second-order valence-corrected chi connectivity index (χ2v) is 3.31. The van der Waals surface area contributed by atoms with Crippen LogP contribution in [0.3, 0.4) is 0 Å². The van der Waals surface area contributed by atoms with Gasteiger partial charge in [0.1, 0.15) is 12.6 Å². The first-order valence-corrected chi connectivity index (χ1v) is 4.81. The van der Waals surface area contributed by atoms with Gasteiger partial charge in [-0.15, -0.1) is 0 Å². The van der Waals surface area contributed by atoms with Crippen LogP contribution in [0.25, 0.3) is 0 Å². The molecule has 0 bridgehead atoms. The first-order valence-electron chi connectivity index (χ1n) is 4.81. The molecule has 1 heterocycles. The van der Waals surface area contributed by atoms with Gasteiger partial charge in [-0.25, -0.2) is 0 Å². The molecule has 7 nitrogen and oxygen atoms in total. The first kappa shape index (κ1) is 12.0. The van der Waals surface area contributed by atoms with E-state index in [1.807, 2.05) is 0 Å². The Morgan fingerprint density at radius 2 is 2.38 bits per heavy atom. The molecule has 0 aliphatic carbocycles. The van der Waals surface area contributed by atoms with Gasteiger partial charge in [0.05, 0.1) is 6.07 Å². The average molecular weight is 224 g/mol. The molecule has 0 spiro atoms. The summed E-state index contributed by atoms with van der Waals surface area (Å²) in [6, 6.07) is 1.04. The lowest BCUT2D eigenvalue weighted by atomic mass is 10.2. The standard InChI is InChI=1S/C9H12N4O3/c1-6-7(14)12-4-5-13(6)9(16)8(15)11-3-2-10/h6H,3-5H2,1H3,(H,11,15)(H,12,14). The molecule has 0 aromatic carbocycles. The Hall–Kier alpha value is -2.10. The fourth-order valence-electron chi connectivity index (χ4n) is 1.39. The lowest BCUT2D eigenvalue weighted by molar-refractivity contribution is -0.150. The van der Waals surface area contributed by atoms with Crippen molar-refractivity contribution in [2.24, 2.45) is 0 Å². The molecule has 0 radical (unpaired) electrons. The molecule has 0 aromatic rings. The normalized spacial score (nSPS) is 19.6. The predicted octanol–water partition coefficient (Wildman–Crippen LogP) is -2.03. The minimum atomic E-state index is -0.858. The molecule has 1 rings (SSSR count). The van der Waals surface area contributed by atoms with E-state index < -0.39 is 17.9 Å². The Balaban J connectivity index is 2.62. The zero-order chi connectivity index (χ0) is 12.1. The fraction of sp³-hybridized carbons (Fsp3) is 0.556. The summed E-state index contributed by atoms with van der Waals surface area (Å²) in [5.41, 5.74) is 0. The van der Waals surface area contributed by atoms with Crippen LogP contribution >= 0.6 is 0 Å². The molecule has 16 heavy (non-hydrogen) atoms. The van der Waals surface area contributed by atoms with E-state index in [4.69, 9.17) is 5.26 Å². The van der Waals surface area contributed by atoms with Crippen molar-refractivity contribution in [1.29, 1.82) is 5.26 Å². The maximum atomic E-state index is 11.6. The molecule has 1 atom stereocenters. The molecule has 1 aliphatic rings. The Morgan fingerprint density at radius 1 is 1.69 bits per heavy atom. The molecular weight excluding hydrogens is 212 g/mol. The fourth-order valence-corrected chi connectivity index (χ4v) is 1.39. The molecule has 0 aromatic heterocycles. The molecule has 86 valence electrons. The smallest absolute Gasteiger partial charge is 0.312 e. The summed E-state index contributed by atoms with van der Waals surface area (Å²) < 4.78 is 0. The molecule has 2 N–H and O–H groups in total. The van der Waals surface area contributed by atoms with E-state index in [0.29, 0.717) is 13.1 Å². The van der Waals surface area contributed by atoms with Gasteiger partial charge < -0.3 is 15.5 Å². The summed E-state index contributed by atoms with van der Waals surface area (Å²) in [6.45, 7) is 1.95. The van der Waals surface area contributed by atoms with Gasteiger partial charge in [0.25, 0.3) is 0 Å². The van der Waals surface area contributed by atoms with Crippen LogP contribution in [0.1, 0.15) is 6.92 Å². The van der Waals surface area contributed by atoms with Crippen molar-refractivity contribution >= 4 is 17.7 Å². The third-order valence-electron chi connectivity index (χ3n) is 2.28. The number of amides is 3. The topological polar surface area (TPSA) is 102 Å². The molecule has 1 aliphatic heterocycles. The maximum Gasteiger partial charge on any atom is 0.312 e. The second-order valence-electron chi connectivity index (χ2n) is 3.31. The minimum absolute atomic E-state index is 0.223. The Bertz CT molecular complexity index is 360. The lowest BCUT2D eigenvalue weighted by Gasteiger charge is -2.32. The lowest BCUT2D eigenvalue weighted by Crippen LogP contribution is -2.58. The Kier molecular flexibility index (Phi) is 3.83. The average Bonchev–Trinajstić information content (AvgIpc) is 2.28. The van der Waals surface area contributed by atoms with Gasteiger partial charge in [-0.3, -0.25) is 14.4 Å². The third-order valence-corrected chi connectivity index (χ3v) is 2.28. The van der Waals surface area contributed by atoms with Gasteiger partial charge in [-0.1, -0.05) is 0 Å². The molecule has 3 amide bonds. The minimum Gasteiger partial charge on any atom is -0.353 e. The van der Waals surface area contributed by atoms with Crippen LogP contribution < -0.4 is 10.6 Å². The zero-order valence-corrected chi connectivity index (χ0v) is 8.82. The summed E-state index contributed by atoms with van der Waals surface area (Å²) in [7, 11) is 0. The Morgan fingerprint density at radius 3 is 3.00 bits per heavy atom. The highest BCUT2D eigenvalue weighted by molar-refractivity contribution is 6.35. The highest BCUT2D eigenvalue weighted by atomic mass is 16.2. The number of nitrogens with zero attached hydrogens (tertiary/aromatic N) is 2. The summed E-state index contributed by atoms with van der Waals surface area (Å²) in [6.07, 6.45) is 0. The molecule has 1 saturated heterocycles. The Labute approximate surface area is 92.4 Å². The van der Waals surface area contributed by atoms with Gasteiger partial charge in [-0.2, -0.15) is 5.26 Å². The summed E-state index contributed by atoms with van der Waals surface area (Å²) >= 11 is 0. The quantitative estimate of drug-likeness (QED) is 0.396. The number of nitrogens with one attached hydrogen (secondary N) is 2. The van der Waals surface area contributed by atoms with Crippen molar-refractivity contribution in [2.75, 3.05) is 19.6 Å². The summed E-state index contributed by atoms with van der Waals surface area (Å²) in [5.74, 6) is -1.92. The van der Waals surface area contributed by atoms with Crippen LogP contribution in [0.5, 0.6) is 0 Å². The van der Waals surface area contributed by atoms with Gasteiger partial charge in [-0.05, 0) is 6.92 Å². The summed E-state index contributed by atoms with van der Waals surface area (Å²) in [4.78, 5) is 35.3. The van der Waals surface area contributed by atoms with E-state index in [0.717, 1.165) is 0 Å². The van der Waals surface area contributed by atoms with Crippen molar-refractivity contribution in [3.63, 3.8) is 0 Å². The number of nitriles is 1. The van der Waals surface area contributed by atoms with Gasteiger partial charge >= 0.3 is 11.8 Å². The van der Waals surface area contributed by atoms with E-state index in [9.17, 15) is 14.4 Å². The maximum absolute atomic E-state index is 11.6. The first-order chi connectivity index (χ1) is 7.57. The third kappa shape index (κ3) is 2.48. The SMILES string of the molecule is CC1C(=O)NCCN1C(=O)C(=O)NCC#N. The van der Waals surface area contributed by atoms with E-state index >= 15 is 0 Å². The van der Waals surface area contributed by atoms with Crippen molar-refractivity contribution in [1.82, 2.24) is 15.5 Å². The molecule has 7 heteroatoms. The number of carbonyl (C=O) groups excluding carboxylic acids is 3. The molecule has 1 fully saturated rings. The zero-order valence-electron chi connectivity index (χ0n) is 8.82. The molecular formula is C9H12N4O3. The second kappa shape index (κ2) is 5.11. The number of carbonyl (C=O) groups is 3. The van der Waals surface area contributed by atoms with Crippen molar-refractivity contribution < 1.29 is 14.4 Å². The molecule has 1 unspecified atom stereocenters. The van der Waals surface area contributed by atoms with E-state index in [1.165, 1.54) is 4.90 Å². The van der Waals surface area contributed by atoms with Crippen LogP contribution in [-0.4, -0.2) is 48.3 Å². The van der Waals surface area contributed by atoms with Crippen LogP contribution in [0.4, 0.5) is 0 Å². The van der Waals surface area contributed by atoms with Gasteiger partial charge in [0.2, 0.25) is 5.91 Å². The van der Waals surface area contributed by atoms with E-state index in [-0.39, 0.29) is 12.5 Å². The van der Waals surface area contributed by atoms with Crippen LogP contribution in [-0.2, 0) is 14.4 Å². The predicted molar refractivity (Wildman–Crippen MR) is 52.8 cm³/mol. The molecule has 0 saturated carbocycles. The van der Waals surface area contributed by atoms with Crippen molar-refractivity contribution in [3.05, 3.63) is 0 Å². The van der Waals surface area contributed by atoms with Crippen LogP contribution in [0, 0.1) is 11.3 Å². The highest BCUT2D eigenvalue weighted by Crippen LogP contribution is 2.03. The van der Waals surface area contributed by atoms with Crippen molar-refractivity contribution in [2.45, 2.75) is 13.0 Å². The largest absolute Gasteiger partial charge is 0.353 e. The summed E-state index contributed by atoms with van der Waals surface area (Å²) in [5, 5.41) is 13.0. The van der Waals surface area contributed by atoms with Crippen LogP contribution in [0.15, 0.2) is 0 Å². The van der Waals surface area contributed by atoms with Crippen molar-refractivity contribution in [3.8, 4) is 6.07 Å². The monoisotopic (exact) mass is 224 g/mol. The van der Waals surface area contributed by atoms with Crippen LogP contribution in [0.2, 0.25) is 0 Å².